The summed E-state index contributed by atoms with van der Waals surface area (Å²) in [6.45, 7) is 1.68. The fourth-order valence-electron chi connectivity index (χ4n) is 2.79. The van der Waals surface area contributed by atoms with E-state index in [4.69, 9.17) is 0 Å². The Morgan fingerprint density at radius 2 is 1.81 bits per heavy atom. The molecule has 0 aromatic heterocycles. The largest absolute Gasteiger partial charge is 0.507 e. The summed E-state index contributed by atoms with van der Waals surface area (Å²) in [6, 6.07) is 11.5. The lowest BCUT2D eigenvalue weighted by Crippen LogP contribution is -2.34. The molecule has 0 saturated carbocycles. The number of piperidine rings is 1. The molecule has 0 bridgehead atoms. The standard InChI is InChI=1S/C18H19NO2/c20-17(19-12-4-1-5-13-19)11-10-15-9-8-14-6-2-3-7-16(14)18(15)21/h2-3,6-11,21H,1,4-5,12-13H2/b11-10+. The maximum atomic E-state index is 12.1. The van der Waals surface area contributed by atoms with Crippen LogP contribution in [0.25, 0.3) is 16.8 Å². The molecule has 3 rings (SSSR count). The highest BCUT2D eigenvalue weighted by molar-refractivity contribution is 5.95. The highest BCUT2D eigenvalue weighted by atomic mass is 16.3. The molecule has 3 nitrogen and oxygen atoms in total. The zero-order chi connectivity index (χ0) is 14.7. The summed E-state index contributed by atoms with van der Waals surface area (Å²) in [5.74, 6) is 0.262. The number of rotatable bonds is 2. The minimum absolute atomic E-state index is 0.0299. The van der Waals surface area contributed by atoms with E-state index in [9.17, 15) is 9.90 Å². The first-order chi connectivity index (χ1) is 10.3. The maximum Gasteiger partial charge on any atom is 0.246 e. The molecule has 1 saturated heterocycles. The molecule has 3 heteroatoms. The monoisotopic (exact) mass is 281 g/mol. The number of hydrogen-bond donors (Lipinski definition) is 1. The highest BCUT2D eigenvalue weighted by Gasteiger charge is 2.14. The van der Waals surface area contributed by atoms with Gasteiger partial charge in [-0.1, -0.05) is 36.4 Å². The van der Waals surface area contributed by atoms with Crippen LogP contribution in [0.3, 0.4) is 0 Å². The quantitative estimate of drug-likeness (QED) is 0.855. The van der Waals surface area contributed by atoms with Crippen molar-refractivity contribution in [3.8, 4) is 5.75 Å². The zero-order valence-electron chi connectivity index (χ0n) is 12.0. The van der Waals surface area contributed by atoms with Crippen molar-refractivity contribution in [2.75, 3.05) is 13.1 Å². The van der Waals surface area contributed by atoms with Crippen molar-refractivity contribution in [1.82, 2.24) is 4.90 Å². The van der Waals surface area contributed by atoms with Crippen LogP contribution in [0.15, 0.2) is 42.5 Å². The normalized spacial score (nSPS) is 15.7. The van der Waals surface area contributed by atoms with Crippen molar-refractivity contribution in [2.45, 2.75) is 19.3 Å². The molecule has 1 N–H and O–H groups in total. The van der Waals surface area contributed by atoms with E-state index in [1.165, 1.54) is 6.42 Å². The second-order valence-electron chi connectivity index (χ2n) is 5.44. The first-order valence-corrected chi connectivity index (χ1v) is 7.43. The number of likely N-dealkylation sites (tertiary alicyclic amines) is 1. The van der Waals surface area contributed by atoms with E-state index in [-0.39, 0.29) is 11.7 Å². The molecule has 0 atom stereocenters. The molecule has 1 aliphatic heterocycles. The number of amides is 1. The van der Waals surface area contributed by atoms with E-state index in [1.807, 2.05) is 41.3 Å². The molecular weight excluding hydrogens is 262 g/mol. The first-order valence-electron chi connectivity index (χ1n) is 7.43. The molecule has 21 heavy (non-hydrogen) atoms. The maximum absolute atomic E-state index is 12.1. The zero-order valence-corrected chi connectivity index (χ0v) is 12.0. The number of fused-ring (bicyclic) bond motifs is 1. The molecule has 1 amide bonds. The third-order valence-corrected chi connectivity index (χ3v) is 4.01. The predicted octanol–water partition coefficient (Wildman–Crippen LogP) is 3.57. The van der Waals surface area contributed by atoms with Gasteiger partial charge < -0.3 is 10.0 Å². The van der Waals surface area contributed by atoms with Crippen LogP contribution in [0.2, 0.25) is 0 Å². The number of hydrogen-bond acceptors (Lipinski definition) is 2. The van der Waals surface area contributed by atoms with Gasteiger partial charge in [0.25, 0.3) is 0 Å². The van der Waals surface area contributed by atoms with E-state index in [2.05, 4.69) is 0 Å². The number of phenolic OH excluding ortho intramolecular Hbond substituents is 1. The predicted molar refractivity (Wildman–Crippen MR) is 85.1 cm³/mol. The lowest BCUT2D eigenvalue weighted by Gasteiger charge is -2.25. The van der Waals surface area contributed by atoms with Gasteiger partial charge in [0, 0.05) is 30.1 Å². The Morgan fingerprint density at radius 1 is 1.05 bits per heavy atom. The average Bonchev–Trinajstić information content (AvgIpc) is 2.55. The Morgan fingerprint density at radius 3 is 2.62 bits per heavy atom. The molecule has 0 radical (unpaired) electrons. The van der Waals surface area contributed by atoms with Crippen molar-refractivity contribution in [3.05, 3.63) is 48.0 Å². The van der Waals surface area contributed by atoms with Crippen LogP contribution >= 0.6 is 0 Å². The summed E-state index contributed by atoms with van der Waals surface area (Å²) in [7, 11) is 0. The fourth-order valence-corrected chi connectivity index (χ4v) is 2.79. The number of carbonyl (C=O) groups is 1. The Labute approximate surface area is 124 Å². The molecular formula is C18H19NO2. The van der Waals surface area contributed by atoms with Crippen LogP contribution in [0.5, 0.6) is 5.75 Å². The molecule has 2 aromatic rings. The van der Waals surface area contributed by atoms with Crippen LogP contribution in [-0.4, -0.2) is 29.0 Å². The van der Waals surface area contributed by atoms with Crippen molar-refractivity contribution in [2.24, 2.45) is 0 Å². The molecule has 0 spiro atoms. The van der Waals surface area contributed by atoms with Crippen molar-refractivity contribution in [1.29, 1.82) is 0 Å². The molecule has 1 heterocycles. The van der Waals surface area contributed by atoms with Gasteiger partial charge in [-0.2, -0.15) is 0 Å². The summed E-state index contributed by atoms with van der Waals surface area (Å²) < 4.78 is 0. The lowest BCUT2D eigenvalue weighted by atomic mass is 10.0. The van der Waals surface area contributed by atoms with Crippen LogP contribution in [0.1, 0.15) is 24.8 Å². The van der Waals surface area contributed by atoms with Crippen molar-refractivity contribution < 1.29 is 9.90 Å². The summed E-state index contributed by atoms with van der Waals surface area (Å²) in [6.07, 6.45) is 6.65. The Bertz CT molecular complexity index is 685. The average molecular weight is 281 g/mol. The van der Waals surface area contributed by atoms with Gasteiger partial charge in [0.2, 0.25) is 5.91 Å². The fraction of sp³-hybridized carbons (Fsp3) is 0.278. The van der Waals surface area contributed by atoms with E-state index in [0.29, 0.717) is 5.56 Å². The van der Waals surface area contributed by atoms with Gasteiger partial charge >= 0.3 is 0 Å². The first kappa shape index (κ1) is 13.7. The number of phenols is 1. The van der Waals surface area contributed by atoms with Crippen molar-refractivity contribution >= 4 is 22.8 Å². The SMILES string of the molecule is O=C(/C=C/c1ccc2ccccc2c1O)N1CCCCC1. The Balaban J connectivity index is 1.82. The van der Waals surface area contributed by atoms with Gasteiger partial charge in [-0.3, -0.25) is 4.79 Å². The minimum atomic E-state index is 0.0299. The molecule has 0 unspecified atom stereocenters. The van der Waals surface area contributed by atoms with E-state index in [1.54, 1.807) is 12.2 Å². The van der Waals surface area contributed by atoms with E-state index >= 15 is 0 Å². The summed E-state index contributed by atoms with van der Waals surface area (Å²) >= 11 is 0. The Hall–Kier alpha value is -2.29. The summed E-state index contributed by atoms with van der Waals surface area (Å²) in [4.78, 5) is 14.0. The van der Waals surface area contributed by atoms with Crippen LogP contribution in [0, 0.1) is 0 Å². The van der Waals surface area contributed by atoms with Crippen LogP contribution in [-0.2, 0) is 4.79 Å². The third kappa shape index (κ3) is 2.92. The second kappa shape index (κ2) is 6.00. The molecule has 0 aliphatic carbocycles. The molecule has 2 aromatic carbocycles. The summed E-state index contributed by atoms with van der Waals surface area (Å²) in [5, 5.41) is 12.1. The van der Waals surface area contributed by atoms with Crippen LogP contribution in [0.4, 0.5) is 0 Å². The van der Waals surface area contributed by atoms with Gasteiger partial charge in [0.1, 0.15) is 5.75 Å². The van der Waals surface area contributed by atoms with Gasteiger partial charge in [0.15, 0.2) is 0 Å². The number of benzene rings is 2. The summed E-state index contributed by atoms with van der Waals surface area (Å²) in [5.41, 5.74) is 0.680. The molecule has 108 valence electrons. The van der Waals surface area contributed by atoms with E-state index in [0.717, 1.165) is 36.7 Å². The number of aromatic hydroxyl groups is 1. The van der Waals surface area contributed by atoms with E-state index < -0.39 is 0 Å². The molecule has 1 aliphatic rings. The topological polar surface area (TPSA) is 40.5 Å². The minimum Gasteiger partial charge on any atom is -0.507 e. The van der Waals surface area contributed by atoms with Gasteiger partial charge in [0.05, 0.1) is 0 Å². The molecule has 1 fully saturated rings. The third-order valence-electron chi connectivity index (χ3n) is 4.01. The smallest absolute Gasteiger partial charge is 0.246 e. The number of nitrogens with zero attached hydrogens (tertiary/aromatic N) is 1. The van der Waals surface area contributed by atoms with Crippen LogP contribution < -0.4 is 0 Å². The Kier molecular flexibility index (Phi) is 3.91. The number of carbonyl (C=O) groups excluding carboxylic acids is 1. The highest BCUT2D eigenvalue weighted by Crippen LogP contribution is 2.29. The van der Waals surface area contributed by atoms with Crippen molar-refractivity contribution in [3.63, 3.8) is 0 Å². The van der Waals surface area contributed by atoms with Gasteiger partial charge in [-0.25, -0.2) is 0 Å². The second-order valence-corrected chi connectivity index (χ2v) is 5.44. The van der Waals surface area contributed by atoms with Gasteiger partial charge in [-0.15, -0.1) is 0 Å². The van der Waals surface area contributed by atoms with Gasteiger partial charge in [-0.05, 0) is 30.7 Å². The lowest BCUT2D eigenvalue weighted by molar-refractivity contribution is -0.126.